The topological polar surface area (TPSA) is 71.1 Å². The number of hydrogen-bond acceptors (Lipinski definition) is 5. The molecule has 1 aliphatic heterocycles. The minimum Gasteiger partial charge on any atom is -0.490 e. The van der Waals surface area contributed by atoms with E-state index in [0.717, 1.165) is 25.9 Å². The summed E-state index contributed by atoms with van der Waals surface area (Å²) in [6, 6.07) is 5.01. The van der Waals surface area contributed by atoms with Crippen LogP contribution in [0.2, 0.25) is 0 Å². The van der Waals surface area contributed by atoms with E-state index in [-0.39, 0.29) is 24.4 Å². The van der Waals surface area contributed by atoms with Crippen LogP contribution in [0.4, 0.5) is 5.69 Å². The van der Waals surface area contributed by atoms with E-state index in [0.29, 0.717) is 30.4 Å². The lowest BCUT2D eigenvalue weighted by atomic mass is 10.2. The van der Waals surface area contributed by atoms with Crippen LogP contribution < -0.4 is 14.8 Å². The van der Waals surface area contributed by atoms with Crippen molar-refractivity contribution in [2.45, 2.75) is 52.5 Å². The Morgan fingerprint density at radius 3 is 2.31 bits per heavy atom. The van der Waals surface area contributed by atoms with E-state index in [1.807, 2.05) is 32.7 Å². The van der Waals surface area contributed by atoms with E-state index in [4.69, 9.17) is 9.47 Å². The van der Waals surface area contributed by atoms with Gasteiger partial charge in [0.2, 0.25) is 11.8 Å². The SMILES string of the molecule is CCOc1ccc(NC(=O)CN(C)C(C)C(=O)N2CCCCCC2)cc1OCC. The Bertz CT molecular complexity index is 672. The predicted molar refractivity (Wildman–Crippen MR) is 115 cm³/mol. The molecular weight excluding hydrogens is 370 g/mol. The summed E-state index contributed by atoms with van der Waals surface area (Å²) in [4.78, 5) is 29.0. The molecule has 0 radical (unpaired) electrons. The van der Waals surface area contributed by atoms with Crippen molar-refractivity contribution in [1.29, 1.82) is 0 Å². The molecule has 1 N–H and O–H groups in total. The molecule has 0 saturated carbocycles. The van der Waals surface area contributed by atoms with E-state index < -0.39 is 0 Å². The van der Waals surface area contributed by atoms with Gasteiger partial charge >= 0.3 is 0 Å². The molecule has 2 rings (SSSR count). The highest BCUT2D eigenvalue weighted by atomic mass is 16.5. The number of likely N-dealkylation sites (N-methyl/N-ethyl adjacent to an activating group) is 1. The first kappa shape index (κ1) is 23.0. The van der Waals surface area contributed by atoms with Gasteiger partial charge in [-0.2, -0.15) is 0 Å². The Morgan fingerprint density at radius 1 is 1.07 bits per heavy atom. The molecule has 2 amide bonds. The molecule has 162 valence electrons. The Kier molecular flexibility index (Phi) is 9.25. The Labute approximate surface area is 174 Å². The summed E-state index contributed by atoms with van der Waals surface area (Å²) in [7, 11) is 1.81. The van der Waals surface area contributed by atoms with E-state index in [1.54, 1.807) is 23.1 Å². The number of amides is 2. The van der Waals surface area contributed by atoms with Crippen molar-refractivity contribution in [3.63, 3.8) is 0 Å². The molecular formula is C22H35N3O4. The molecule has 1 aliphatic rings. The Balaban J connectivity index is 1.93. The maximum atomic E-state index is 12.8. The van der Waals surface area contributed by atoms with Crippen molar-refractivity contribution in [2.24, 2.45) is 0 Å². The van der Waals surface area contributed by atoms with Crippen LogP contribution in [0.5, 0.6) is 11.5 Å². The van der Waals surface area contributed by atoms with Crippen molar-refractivity contribution in [3.05, 3.63) is 18.2 Å². The van der Waals surface area contributed by atoms with Crippen LogP contribution in [0, 0.1) is 0 Å². The lowest BCUT2D eigenvalue weighted by molar-refractivity contribution is -0.136. The second-order valence-corrected chi connectivity index (χ2v) is 7.41. The fourth-order valence-corrected chi connectivity index (χ4v) is 3.44. The number of anilines is 1. The van der Waals surface area contributed by atoms with E-state index in [9.17, 15) is 9.59 Å². The summed E-state index contributed by atoms with van der Waals surface area (Å²) >= 11 is 0. The highest BCUT2D eigenvalue weighted by molar-refractivity contribution is 5.93. The maximum Gasteiger partial charge on any atom is 0.239 e. The van der Waals surface area contributed by atoms with Gasteiger partial charge in [-0.05, 0) is 52.8 Å². The third kappa shape index (κ3) is 6.92. The largest absolute Gasteiger partial charge is 0.490 e. The quantitative estimate of drug-likeness (QED) is 0.683. The fraction of sp³-hybridized carbons (Fsp3) is 0.636. The second kappa shape index (κ2) is 11.7. The van der Waals surface area contributed by atoms with Crippen LogP contribution in [-0.2, 0) is 9.59 Å². The van der Waals surface area contributed by atoms with Crippen molar-refractivity contribution in [2.75, 3.05) is 45.2 Å². The number of ether oxygens (including phenoxy) is 2. The lowest BCUT2D eigenvalue weighted by Crippen LogP contribution is -2.48. The van der Waals surface area contributed by atoms with Gasteiger partial charge in [0, 0.05) is 24.8 Å². The highest BCUT2D eigenvalue weighted by Gasteiger charge is 2.25. The predicted octanol–water partition coefficient (Wildman–Crippen LogP) is 3.15. The monoisotopic (exact) mass is 405 g/mol. The number of nitrogens with zero attached hydrogens (tertiary/aromatic N) is 2. The van der Waals surface area contributed by atoms with Crippen molar-refractivity contribution < 1.29 is 19.1 Å². The number of likely N-dealkylation sites (tertiary alicyclic amines) is 1. The molecule has 1 saturated heterocycles. The zero-order valence-corrected chi connectivity index (χ0v) is 18.2. The third-order valence-corrected chi connectivity index (χ3v) is 5.16. The number of benzene rings is 1. The molecule has 1 atom stereocenters. The van der Waals surface area contributed by atoms with Gasteiger partial charge in [-0.3, -0.25) is 14.5 Å². The average Bonchev–Trinajstić information content (AvgIpc) is 2.98. The van der Waals surface area contributed by atoms with Crippen molar-refractivity contribution in [3.8, 4) is 11.5 Å². The summed E-state index contributed by atoms with van der Waals surface area (Å²) in [5.74, 6) is 1.18. The summed E-state index contributed by atoms with van der Waals surface area (Å²) in [6.07, 6.45) is 4.48. The Morgan fingerprint density at radius 2 is 1.69 bits per heavy atom. The molecule has 1 heterocycles. The minimum absolute atomic E-state index is 0.0990. The highest BCUT2D eigenvalue weighted by Crippen LogP contribution is 2.30. The van der Waals surface area contributed by atoms with Gasteiger partial charge in [0.15, 0.2) is 11.5 Å². The number of carbonyl (C=O) groups excluding carboxylic acids is 2. The zero-order valence-electron chi connectivity index (χ0n) is 18.2. The molecule has 1 aromatic carbocycles. The van der Waals surface area contributed by atoms with Crippen LogP contribution in [0.15, 0.2) is 18.2 Å². The molecule has 0 aromatic heterocycles. The van der Waals surface area contributed by atoms with Crippen LogP contribution >= 0.6 is 0 Å². The van der Waals surface area contributed by atoms with E-state index in [2.05, 4.69) is 5.32 Å². The molecule has 0 aliphatic carbocycles. The van der Waals surface area contributed by atoms with Gasteiger partial charge in [-0.15, -0.1) is 0 Å². The number of rotatable bonds is 9. The van der Waals surface area contributed by atoms with E-state index >= 15 is 0 Å². The maximum absolute atomic E-state index is 12.8. The molecule has 0 spiro atoms. The molecule has 0 bridgehead atoms. The molecule has 1 fully saturated rings. The lowest BCUT2D eigenvalue weighted by Gasteiger charge is -2.29. The number of carbonyl (C=O) groups is 2. The van der Waals surface area contributed by atoms with Crippen molar-refractivity contribution in [1.82, 2.24) is 9.80 Å². The van der Waals surface area contributed by atoms with E-state index in [1.165, 1.54) is 12.8 Å². The summed E-state index contributed by atoms with van der Waals surface area (Å²) < 4.78 is 11.2. The van der Waals surface area contributed by atoms with Gasteiger partial charge in [-0.1, -0.05) is 12.8 Å². The van der Waals surface area contributed by atoms with Gasteiger partial charge in [0.1, 0.15) is 0 Å². The van der Waals surface area contributed by atoms with Gasteiger partial charge < -0.3 is 19.7 Å². The molecule has 29 heavy (non-hydrogen) atoms. The summed E-state index contributed by atoms with van der Waals surface area (Å²) in [6.45, 7) is 8.50. The van der Waals surface area contributed by atoms with Gasteiger partial charge in [-0.25, -0.2) is 0 Å². The number of nitrogens with one attached hydrogen (secondary N) is 1. The fourth-order valence-electron chi connectivity index (χ4n) is 3.44. The first-order valence-corrected chi connectivity index (χ1v) is 10.6. The second-order valence-electron chi connectivity index (χ2n) is 7.41. The van der Waals surface area contributed by atoms with Gasteiger partial charge in [0.25, 0.3) is 0 Å². The normalized spacial score (nSPS) is 15.6. The summed E-state index contributed by atoms with van der Waals surface area (Å²) in [5.41, 5.74) is 0.641. The van der Waals surface area contributed by atoms with Crippen LogP contribution in [-0.4, -0.2) is 67.6 Å². The first-order valence-electron chi connectivity index (χ1n) is 10.6. The zero-order chi connectivity index (χ0) is 21.2. The molecule has 7 heteroatoms. The average molecular weight is 406 g/mol. The summed E-state index contributed by atoms with van der Waals surface area (Å²) in [5, 5.41) is 2.88. The van der Waals surface area contributed by atoms with Crippen LogP contribution in [0.3, 0.4) is 0 Å². The molecule has 1 unspecified atom stereocenters. The standard InChI is InChI=1S/C22H35N3O4/c1-5-28-19-12-11-18(15-20(19)29-6-2)23-21(26)16-24(4)17(3)22(27)25-13-9-7-8-10-14-25/h11-12,15,17H,5-10,13-14,16H2,1-4H3,(H,23,26). The molecule has 1 aromatic rings. The van der Waals surface area contributed by atoms with Crippen LogP contribution in [0.25, 0.3) is 0 Å². The molecule has 7 nitrogen and oxygen atoms in total. The van der Waals surface area contributed by atoms with Crippen LogP contribution in [0.1, 0.15) is 46.5 Å². The Hall–Kier alpha value is -2.28. The third-order valence-electron chi connectivity index (χ3n) is 5.16. The van der Waals surface area contributed by atoms with Gasteiger partial charge in [0.05, 0.1) is 25.8 Å². The first-order chi connectivity index (χ1) is 14.0. The number of hydrogen-bond donors (Lipinski definition) is 1. The minimum atomic E-state index is -0.335. The smallest absolute Gasteiger partial charge is 0.239 e. The van der Waals surface area contributed by atoms with Crippen molar-refractivity contribution >= 4 is 17.5 Å².